The van der Waals surface area contributed by atoms with Gasteiger partial charge in [-0.05, 0) is 30.7 Å². The Bertz CT molecular complexity index is 778. The molecule has 0 aliphatic carbocycles. The molecule has 1 aromatic heterocycles. The van der Waals surface area contributed by atoms with Gasteiger partial charge < -0.3 is 10.7 Å². The number of nitrogens with two attached hydrogens (primary N) is 1. The molecule has 3 aromatic rings. The maximum absolute atomic E-state index is 6.05. The zero-order valence-electron chi connectivity index (χ0n) is 10.2. The number of anilines is 1. The van der Waals surface area contributed by atoms with Crippen LogP contribution in [-0.4, -0.2) is 9.97 Å². The second kappa shape index (κ2) is 4.44. The Balaban J connectivity index is 2.28. The van der Waals surface area contributed by atoms with E-state index in [9.17, 15) is 0 Å². The van der Waals surface area contributed by atoms with E-state index in [2.05, 4.69) is 9.97 Å². The van der Waals surface area contributed by atoms with Crippen LogP contribution in [0.15, 0.2) is 30.3 Å². The van der Waals surface area contributed by atoms with Crippen molar-refractivity contribution < 1.29 is 0 Å². The minimum Gasteiger partial charge on any atom is -0.397 e. The lowest BCUT2D eigenvalue weighted by atomic mass is 10.1. The Morgan fingerprint density at radius 3 is 2.74 bits per heavy atom. The van der Waals surface area contributed by atoms with Crippen molar-refractivity contribution in [3.05, 3.63) is 45.9 Å². The summed E-state index contributed by atoms with van der Waals surface area (Å²) in [6.07, 6.45) is 0. The molecule has 0 saturated heterocycles. The largest absolute Gasteiger partial charge is 0.397 e. The molecule has 0 bridgehead atoms. The molecule has 0 aliphatic rings. The van der Waals surface area contributed by atoms with Gasteiger partial charge in [-0.15, -0.1) is 0 Å². The third kappa shape index (κ3) is 2.05. The quantitative estimate of drug-likeness (QED) is 0.652. The molecule has 0 saturated carbocycles. The molecular formula is C14H11Cl2N3. The van der Waals surface area contributed by atoms with Crippen molar-refractivity contribution in [3.8, 4) is 11.4 Å². The SMILES string of the molecule is Cc1cccc2[nH]c(-c3cc(Cl)cc(Cl)c3N)nc12. The van der Waals surface area contributed by atoms with Crippen LogP contribution in [0.2, 0.25) is 10.0 Å². The number of fused-ring (bicyclic) bond motifs is 1. The van der Waals surface area contributed by atoms with Crippen LogP contribution in [0.4, 0.5) is 5.69 Å². The average Bonchev–Trinajstić information content (AvgIpc) is 2.79. The predicted octanol–water partition coefficient (Wildman–Crippen LogP) is 4.43. The standard InChI is InChI=1S/C14H11Cl2N3/c1-7-3-2-4-11-13(7)19-14(18-11)9-5-8(15)6-10(16)12(9)17/h2-6H,17H2,1H3,(H,18,19). The van der Waals surface area contributed by atoms with E-state index in [1.54, 1.807) is 12.1 Å². The third-order valence-corrected chi connectivity index (χ3v) is 3.59. The molecule has 2 aromatic carbocycles. The van der Waals surface area contributed by atoms with E-state index in [1.165, 1.54) is 0 Å². The molecular weight excluding hydrogens is 281 g/mol. The van der Waals surface area contributed by atoms with Gasteiger partial charge in [0, 0.05) is 10.6 Å². The number of nitrogens with one attached hydrogen (secondary N) is 1. The molecule has 19 heavy (non-hydrogen) atoms. The summed E-state index contributed by atoms with van der Waals surface area (Å²) >= 11 is 12.1. The van der Waals surface area contributed by atoms with E-state index in [0.717, 1.165) is 16.6 Å². The van der Waals surface area contributed by atoms with Gasteiger partial charge in [0.15, 0.2) is 0 Å². The highest BCUT2D eigenvalue weighted by molar-refractivity contribution is 6.37. The van der Waals surface area contributed by atoms with Gasteiger partial charge in [-0.2, -0.15) is 0 Å². The molecule has 3 rings (SSSR count). The summed E-state index contributed by atoms with van der Waals surface area (Å²) in [4.78, 5) is 7.81. The number of para-hydroxylation sites is 1. The van der Waals surface area contributed by atoms with Crippen molar-refractivity contribution in [2.45, 2.75) is 6.92 Å². The summed E-state index contributed by atoms with van der Waals surface area (Å²) in [5.74, 6) is 0.672. The third-order valence-electron chi connectivity index (χ3n) is 3.06. The number of nitrogens with zero attached hydrogens (tertiary/aromatic N) is 1. The highest BCUT2D eigenvalue weighted by atomic mass is 35.5. The number of aryl methyl sites for hydroxylation is 1. The maximum atomic E-state index is 6.05. The first-order valence-corrected chi connectivity index (χ1v) is 6.52. The van der Waals surface area contributed by atoms with Crippen molar-refractivity contribution in [1.82, 2.24) is 9.97 Å². The molecule has 0 atom stereocenters. The molecule has 5 heteroatoms. The summed E-state index contributed by atoms with van der Waals surface area (Å²) in [5.41, 5.74) is 10.2. The molecule has 1 heterocycles. The fourth-order valence-corrected chi connectivity index (χ4v) is 2.58. The minimum absolute atomic E-state index is 0.430. The number of hydrogen-bond acceptors (Lipinski definition) is 2. The van der Waals surface area contributed by atoms with Crippen molar-refractivity contribution in [1.29, 1.82) is 0 Å². The van der Waals surface area contributed by atoms with Crippen LogP contribution < -0.4 is 5.73 Å². The van der Waals surface area contributed by atoms with Crippen LogP contribution in [-0.2, 0) is 0 Å². The molecule has 3 nitrogen and oxygen atoms in total. The Kier molecular flexibility index (Phi) is 2.88. The van der Waals surface area contributed by atoms with Crippen molar-refractivity contribution in [2.75, 3.05) is 5.73 Å². The number of imidazole rings is 1. The zero-order valence-corrected chi connectivity index (χ0v) is 11.7. The summed E-state index contributed by atoms with van der Waals surface area (Å²) in [5, 5.41) is 0.964. The van der Waals surface area contributed by atoms with Crippen molar-refractivity contribution in [3.63, 3.8) is 0 Å². The topological polar surface area (TPSA) is 54.7 Å². The Hall–Kier alpha value is -1.71. The molecule has 0 radical (unpaired) electrons. The number of hydrogen-bond donors (Lipinski definition) is 2. The first kappa shape index (κ1) is 12.3. The zero-order chi connectivity index (χ0) is 13.6. The Morgan fingerprint density at radius 2 is 2.00 bits per heavy atom. The summed E-state index contributed by atoms with van der Waals surface area (Å²) in [7, 11) is 0. The van der Waals surface area contributed by atoms with E-state index < -0.39 is 0 Å². The highest BCUT2D eigenvalue weighted by Gasteiger charge is 2.12. The second-order valence-corrected chi connectivity index (χ2v) is 5.25. The van der Waals surface area contributed by atoms with E-state index in [-0.39, 0.29) is 0 Å². The van der Waals surface area contributed by atoms with Crippen LogP contribution in [0.3, 0.4) is 0 Å². The average molecular weight is 292 g/mol. The maximum Gasteiger partial charge on any atom is 0.140 e. The van der Waals surface area contributed by atoms with Crippen LogP contribution in [0.1, 0.15) is 5.56 Å². The molecule has 0 amide bonds. The lowest BCUT2D eigenvalue weighted by Crippen LogP contribution is -1.92. The van der Waals surface area contributed by atoms with Gasteiger partial charge in [0.1, 0.15) is 5.82 Å². The number of aromatic amines is 1. The number of nitrogen functional groups attached to an aromatic ring is 1. The van der Waals surface area contributed by atoms with Gasteiger partial charge in [0.05, 0.1) is 21.7 Å². The normalized spacial score (nSPS) is 11.1. The van der Waals surface area contributed by atoms with Gasteiger partial charge >= 0.3 is 0 Å². The smallest absolute Gasteiger partial charge is 0.140 e. The number of aromatic nitrogens is 2. The molecule has 0 aliphatic heterocycles. The summed E-state index contributed by atoms with van der Waals surface area (Å²) < 4.78 is 0. The minimum atomic E-state index is 0.430. The van der Waals surface area contributed by atoms with Crippen LogP contribution >= 0.6 is 23.2 Å². The molecule has 3 N–H and O–H groups in total. The summed E-state index contributed by atoms with van der Waals surface area (Å²) in [6, 6.07) is 9.35. The van der Waals surface area contributed by atoms with Gasteiger partial charge in [-0.1, -0.05) is 35.3 Å². The first-order valence-electron chi connectivity index (χ1n) is 5.76. The molecule has 96 valence electrons. The van der Waals surface area contributed by atoms with E-state index >= 15 is 0 Å². The predicted molar refractivity (Wildman–Crippen MR) is 80.7 cm³/mol. The molecule has 0 spiro atoms. The molecule has 0 unspecified atom stereocenters. The fourth-order valence-electron chi connectivity index (χ4n) is 2.08. The van der Waals surface area contributed by atoms with Gasteiger partial charge in [0.25, 0.3) is 0 Å². The number of halogens is 2. The summed E-state index contributed by atoms with van der Waals surface area (Å²) in [6.45, 7) is 2.02. The second-order valence-electron chi connectivity index (χ2n) is 4.41. The monoisotopic (exact) mass is 291 g/mol. The van der Waals surface area contributed by atoms with Crippen molar-refractivity contribution >= 4 is 39.9 Å². The van der Waals surface area contributed by atoms with E-state index in [4.69, 9.17) is 28.9 Å². The van der Waals surface area contributed by atoms with E-state index in [0.29, 0.717) is 27.1 Å². The number of H-pyrrole nitrogens is 1. The number of benzene rings is 2. The molecule has 0 fully saturated rings. The van der Waals surface area contributed by atoms with Crippen LogP contribution in [0.5, 0.6) is 0 Å². The fraction of sp³-hybridized carbons (Fsp3) is 0.0714. The van der Waals surface area contributed by atoms with Crippen LogP contribution in [0, 0.1) is 6.92 Å². The van der Waals surface area contributed by atoms with Crippen molar-refractivity contribution in [2.24, 2.45) is 0 Å². The first-order chi connectivity index (χ1) is 9.06. The highest BCUT2D eigenvalue weighted by Crippen LogP contribution is 2.34. The van der Waals surface area contributed by atoms with Gasteiger partial charge in [0.2, 0.25) is 0 Å². The lowest BCUT2D eigenvalue weighted by molar-refractivity contribution is 1.33. The van der Waals surface area contributed by atoms with Gasteiger partial charge in [-0.3, -0.25) is 0 Å². The Labute approximate surface area is 120 Å². The Morgan fingerprint density at radius 1 is 1.21 bits per heavy atom. The lowest BCUT2D eigenvalue weighted by Gasteiger charge is -2.05. The van der Waals surface area contributed by atoms with E-state index in [1.807, 2.05) is 25.1 Å². The number of rotatable bonds is 1. The van der Waals surface area contributed by atoms with Gasteiger partial charge in [-0.25, -0.2) is 4.98 Å². The van der Waals surface area contributed by atoms with Crippen LogP contribution in [0.25, 0.3) is 22.4 Å².